The summed E-state index contributed by atoms with van der Waals surface area (Å²) in [5.74, 6) is 0.911. The van der Waals surface area contributed by atoms with Gasteiger partial charge < -0.3 is 14.2 Å². The summed E-state index contributed by atoms with van der Waals surface area (Å²) in [6.45, 7) is 1.93. The molecule has 11 heteroatoms. The lowest BCUT2D eigenvalue weighted by atomic mass is 10.2. The first-order valence-electron chi connectivity index (χ1n) is 11.0. The molecular formula is C23H25N3O7S. The average Bonchev–Trinajstić information content (AvgIpc) is 3.17. The van der Waals surface area contributed by atoms with Crippen molar-refractivity contribution >= 4 is 27.5 Å². The molecule has 2 amide bonds. The van der Waals surface area contributed by atoms with Gasteiger partial charge in [-0.1, -0.05) is 6.07 Å². The van der Waals surface area contributed by atoms with E-state index in [-0.39, 0.29) is 36.2 Å². The van der Waals surface area contributed by atoms with Crippen LogP contribution in [-0.4, -0.2) is 82.0 Å². The van der Waals surface area contributed by atoms with Gasteiger partial charge in [0.15, 0.2) is 11.5 Å². The second-order valence-corrected chi connectivity index (χ2v) is 10.2. The quantitative estimate of drug-likeness (QED) is 0.578. The number of imide groups is 1. The Bertz CT molecular complexity index is 1220. The minimum Gasteiger partial charge on any atom is -0.497 e. The van der Waals surface area contributed by atoms with Gasteiger partial charge in [-0.2, -0.15) is 4.31 Å². The lowest BCUT2D eigenvalue weighted by molar-refractivity contribution is -0.123. The number of fused-ring (bicyclic) bond motifs is 1. The van der Waals surface area contributed by atoms with E-state index in [0.717, 1.165) is 0 Å². The van der Waals surface area contributed by atoms with Gasteiger partial charge >= 0.3 is 0 Å². The Labute approximate surface area is 197 Å². The average molecular weight is 488 g/mol. The van der Waals surface area contributed by atoms with E-state index >= 15 is 0 Å². The molecule has 3 heterocycles. The monoisotopic (exact) mass is 487 g/mol. The summed E-state index contributed by atoms with van der Waals surface area (Å²) in [6, 6.07) is 10.8. The van der Waals surface area contributed by atoms with Crippen LogP contribution in [0.3, 0.4) is 0 Å². The molecule has 0 saturated carbocycles. The second kappa shape index (κ2) is 8.90. The second-order valence-electron chi connectivity index (χ2n) is 8.23. The number of sulfonamides is 1. The van der Waals surface area contributed by atoms with Gasteiger partial charge in [0, 0.05) is 38.3 Å². The molecule has 0 radical (unpaired) electrons. The maximum atomic E-state index is 13.2. The number of rotatable bonds is 5. The van der Waals surface area contributed by atoms with E-state index in [0.29, 0.717) is 49.2 Å². The van der Waals surface area contributed by atoms with E-state index in [2.05, 4.69) is 0 Å². The van der Waals surface area contributed by atoms with Crippen molar-refractivity contribution in [1.29, 1.82) is 0 Å². The number of methoxy groups -OCH3 is 1. The maximum absolute atomic E-state index is 13.2. The third kappa shape index (κ3) is 3.99. The topological polar surface area (TPSA) is 106 Å². The van der Waals surface area contributed by atoms with Crippen molar-refractivity contribution in [3.05, 3.63) is 42.5 Å². The van der Waals surface area contributed by atoms with E-state index < -0.39 is 16.1 Å². The largest absolute Gasteiger partial charge is 0.497 e. The number of ether oxygens (including phenoxy) is 3. The predicted molar refractivity (Wildman–Crippen MR) is 122 cm³/mol. The van der Waals surface area contributed by atoms with Gasteiger partial charge in [-0.15, -0.1) is 0 Å². The Hall–Kier alpha value is -3.15. The molecule has 2 saturated heterocycles. The van der Waals surface area contributed by atoms with Crippen molar-refractivity contribution in [3.63, 3.8) is 0 Å². The minimum atomic E-state index is -3.73. The number of anilines is 1. The lowest BCUT2D eigenvalue weighted by Gasteiger charge is -2.36. The van der Waals surface area contributed by atoms with Crippen LogP contribution in [0.1, 0.15) is 6.42 Å². The molecule has 10 nitrogen and oxygen atoms in total. The van der Waals surface area contributed by atoms with Gasteiger partial charge in [-0.05, 0) is 24.3 Å². The van der Waals surface area contributed by atoms with Crippen molar-refractivity contribution < 1.29 is 32.2 Å². The smallest absolute Gasteiger partial charge is 0.251 e. The molecule has 2 aromatic carbocycles. The number of nitrogens with zero attached hydrogens (tertiary/aromatic N) is 3. The Morgan fingerprint density at radius 3 is 2.41 bits per heavy atom. The number of hydrogen-bond donors (Lipinski definition) is 0. The Morgan fingerprint density at radius 2 is 1.68 bits per heavy atom. The first-order valence-corrected chi connectivity index (χ1v) is 12.5. The number of hydrogen-bond acceptors (Lipinski definition) is 8. The van der Waals surface area contributed by atoms with Crippen LogP contribution in [0.2, 0.25) is 0 Å². The Morgan fingerprint density at radius 1 is 0.941 bits per heavy atom. The molecule has 3 aliphatic heterocycles. The fourth-order valence-electron chi connectivity index (χ4n) is 4.51. The van der Waals surface area contributed by atoms with E-state index in [1.54, 1.807) is 30.3 Å². The third-order valence-electron chi connectivity index (χ3n) is 6.30. The van der Waals surface area contributed by atoms with Crippen LogP contribution in [0.15, 0.2) is 47.4 Å². The zero-order valence-corrected chi connectivity index (χ0v) is 19.5. The zero-order chi connectivity index (χ0) is 23.9. The molecule has 180 valence electrons. The number of carbonyl (C=O) groups excluding carboxylic acids is 2. The van der Waals surface area contributed by atoms with Crippen LogP contribution in [0.5, 0.6) is 17.2 Å². The molecular weight excluding hydrogens is 462 g/mol. The molecule has 2 fully saturated rings. The highest BCUT2D eigenvalue weighted by Gasteiger charge is 2.44. The Kier molecular flexibility index (Phi) is 5.92. The van der Waals surface area contributed by atoms with Gasteiger partial charge in [0.1, 0.15) is 19.0 Å². The zero-order valence-electron chi connectivity index (χ0n) is 18.7. The molecule has 0 spiro atoms. The van der Waals surface area contributed by atoms with Crippen molar-refractivity contribution in [2.75, 3.05) is 51.4 Å². The van der Waals surface area contributed by atoms with E-state index in [9.17, 15) is 18.0 Å². The minimum absolute atomic E-state index is 0.0605. The first kappa shape index (κ1) is 22.6. The summed E-state index contributed by atoms with van der Waals surface area (Å²) in [7, 11) is -2.21. The number of carbonyl (C=O) groups is 2. The van der Waals surface area contributed by atoms with Crippen LogP contribution in [0, 0.1) is 0 Å². The molecule has 0 N–H and O–H groups in total. The van der Waals surface area contributed by atoms with Crippen LogP contribution in [-0.2, 0) is 19.6 Å². The number of piperazine rings is 1. The standard InChI is InChI=1S/C23H25N3O7S/c1-31-17-4-2-3-16(13-17)26-22(27)15-19(23(26)28)24-7-9-25(10-8-24)34(29,30)18-5-6-20-21(14-18)33-12-11-32-20/h2-6,13-14,19H,7-12,15H2,1H3/t19-/m1/s1. The van der Waals surface area contributed by atoms with Gasteiger partial charge in [-0.25, -0.2) is 13.3 Å². The molecule has 34 heavy (non-hydrogen) atoms. The van der Waals surface area contributed by atoms with Crippen molar-refractivity contribution in [2.24, 2.45) is 0 Å². The van der Waals surface area contributed by atoms with Gasteiger partial charge in [0.05, 0.1) is 30.2 Å². The summed E-state index contributed by atoms with van der Waals surface area (Å²) in [5, 5.41) is 0. The molecule has 0 aliphatic carbocycles. The lowest BCUT2D eigenvalue weighted by Crippen LogP contribution is -2.53. The summed E-state index contributed by atoms with van der Waals surface area (Å²) in [4.78, 5) is 29.0. The molecule has 0 aromatic heterocycles. The molecule has 0 unspecified atom stereocenters. The molecule has 1 atom stereocenters. The van der Waals surface area contributed by atoms with Gasteiger partial charge in [-0.3, -0.25) is 14.5 Å². The predicted octanol–water partition coefficient (Wildman–Crippen LogP) is 1.10. The molecule has 0 bridgehead atoms. The fourth-order valence-corrected chi connectivity index (χ4v) is 5.95. The molecule has 5 rings (SSSR count). The SMILES string of the molecule is COc1cccc(N2C(=O)C[C@@H](N3CCN(S(=O)(=O)c4ccc5c(c4)OCCO5)CC3)C2=O)c1. The summed E-state index contributed by atoms with van der Waals surface area (Å²) < 4.78 is 44.0. The fraction of sp³-hybridized carbons (Fsp3) is 0.391. The van der Waals surface area contributed by atoms with Crippen LogP contribution >= 0.6 is 0 Å². The molecule has 3 aliphatic rings. The highest BCUT2D eigenvalue weighted by molar-refractivity contribution is 7.89. The van der Waals surface area contributed by atoms with Crippen molar-refractivity contribution in [3.8, 4) is 17.2 Å². The van der Waals surface area contributed by atoms with Crippen molar-refractivity contribution in [2.45, 2.75) is 17.4 Å². The number of amides is 2. The first-order chi connectivity index (χ1) is 16.4. The van der Waals surface area contributed by atoms with Crippen LogP contribution in [0.4, 0.5) is 5.69 Å². The Balaban J connectivity index is 1.27. The van der Waals surface area contributed by atoms with E-state index in [1.807, 2.05) is 4.90 Å². The summed E-state index contributed by atoms with van der Waals surface area (Å²) >= 11 is 0. The highest BCUT2D eigenvalue weighted by atomic mass is 32.2. The number of benzene rings is 2. The van der Waals surface area contributed by atoms with Crippen LogP contribution in [0.25, 0.3) is 0 Å². The van der Waals surface area contributed by atoms with E-state index in [1.165, 1.54) is 28.4 Å². The third-order valence-corrected chi connectivity index (χ3v) is 8.19. The maximum Gasteiger partial charge on any atom is 0.251 e. The van der Waals surface area contributed by atoms with Gasteiger partial charge in [0.25, 0.3) is 5.91 Å². The molecule has 2 aromatic rings. The summed E-state index contributed by atoms with van der Waals surface area (Å²) in [6.07, 6.45) is 0.0605. The van der Waals surface area contributed by atoms with Crippen molar-refractivity contribution in [1.82, 2.24) is 9.21 Å². The van der Waals surface area contributed by atoms with Crippen LogP contribution < -0.4 is 19.1 Å². The normalized spacial score (nSPS) is 21.7. The van der Waals surface area contributed by atoms with E-state index in [4.69, 9.17) is 14.2 Å². The highest BCUT2D eigenvalue weighted by Crippen LogP contribution is 2.34. The summed E-state index contributed by atoms with van der Waals surface area (Å²) in [5.41, 5.74) is 0.469. The van der Waals surface area contributed by atoms with Gasteiger partial charge in [0.2, 0.25) is 15.9 Å².